The van der Waals surface area contributed by atoms with Gasteiger partial charge in [0.05, 0.1) is 18.6 Å². The van der Waals surface area contributed by atoms with Gasteiger partial charge < -0.3 is 9.40 Å². The zero-order valence-corrected chi connectivity index (χ0v) is 15.0. The van der Waals surface area contributed by atoms with Crippen LogP contribution in [-0.4, -0.2) is 23.5 Å². The van der Waals surface area contributed by atoms with E-state index in [9.17, 15) is 13.2 Å². The van der Waals surface area contributed by atoms with Crippen molar-refractivity contribution in [2.24, 2.45) is 0 Å². The normalized spacial score (nSPS) is 12.1. The molecule has 3 aromatic rings. The summed E-state index contributed by atoms with van der Waals surface area (Å²) >= 11 is 0. The van der Waals surface area contributed by atoms with Crippen molar-refractivity contribution >= 4 is 20.9 Å². The molecule has 0 aliphatic heterocycles. The predicted molar refractivity (Wildman–Crippen MR) is 96.7 cm³/mol. The van der Waals surface area contributed by atoms with Crippen molar-refractivity contribution in [3.8, 4) is 0 Å². The molecule has 2 heterocycles. The topological polar surface area (TPSA) is 83.4 Å². The van der Waals surface area contributed by atoms with Crippen molar-refractivity contribution in [2.75, 3.05) is 5.75 Å². The summed E-state index contributed by atoms with van der Waals surface area (Å²) in [5.41, 5.74) is 1.90. The molecule has 0 fully saturated rings. The summed E-state index contributed by atoms with van der Waals surface area (Å²) in [6.45, 7) is 3.62. The first-order chi connectivity index (χ1) is 11.9. The number of aryl methyl sites for hydroxylation is 1. The molecule has 0 atom stereocenters. The van der Waals surface area contributed by atoms with Gasteiger partial charge in [0.2, 0.25) is 10.0 Å². The van der Waals surface area contributed by atoms with E-state index in [4.69, 9.17) is 4.42 Å². The van der Waals surface area contributed by atoms with Gasteiger partial charge in [0.15, 0.2) is 0 Å². The van der Waals surface area contributed by atoms with Gasteiger partial charge in [-0.05, 0) is 49.1 Å². The van der Waals surface area contributed by atoms with Gasteiger partial charge in [-0.15, -0.1) is 0 Å². The highest BCUT2D eigenvalue weighted by Gasteiger charge is 2.23. The maximum absolute atomic E-state index is 12.4. The molecule has 1 N–H and O–H groups in total. The number of aromatic nitrogens is 1. The zero-order chi connectivity index (χ0) is 18.0. The molecule has 2 aromatic heterocycles. The van der Waals surface area contributed by atoms with Crippen molar-refractivity contribution in [3.05, 3.63) is 69.9 Å². The molecular formula is C18H20N2O4S. The second-order valence-electron chi connectivity index (χ2n) is 5.96. The second-order valence-corrected chi connectivity index (χ2v) is 8.22. The number of fused-ring (bicyclic) bond motifs is 1. The third kappa shape index (κ3) is 3.83. The fourth-order valence-corrected chi connectivity index (χ4v) is 3.70. The lowest BCUT2D eigenvalue weighted by Crippen LogP contribution is -2.33. The Balaban J connectivity index is 1.98. The van der Waals surface area contributed by atoms with Gasteiger partial charge >= 0.3 is 0 Å². The number of H-pyrrole nitrogens is 1. The molecule has 25 heavy (non-hydrogen) atoms. The first kappa shape index (κ1) is 17.4. The summed E-state index contributed by atoms with van der Waals surface area (Å²) in [7, 11) is -3.49. The number of rotatable bonds is 6. The number of sulfonamides is 1. The van der Waals surface area contributed by atoms with Crippen LogP contribution in [-0.2, 0) is 23.1 Å². The van der Waals surface area contributed by atoms with E-state index < -0.39 is 10.0 Å². The molecule has 0 unspecified atom stereocenters. The highest BCUT2D eigenvalue weighted by atomic mass is 32.2. The Morgan fingerprint density at radius 1 is 1.16 bits per heavy atom. The number of pyridine rings is 1. The first-order valence-corrected chi connectivity index (χ1v) is 9.63. The third-order valence-electron chi connectivity index (χ3n) is 4.10. The average Bonchev–Trinajstić information content (AvgIpc) is 3.08. The van der Waals surface area contributed by atoms with E-state index in [1.165, 1.54) is 10.6 Å². The van der Waals surface area contributed by atoms with Gasteiger partial charge in [0, 0.05) is 17.6 Å². The Bertz CT molecular complexity index is 1040. The van der Waals surface area contributed by atoms with Crippen LogP contribution in [0.1, 0.15) is 23.8 Å². The van der Waals surface area contributed by atoms with Crippen molar-refractivity contribution in [2.45, 2.75) is 26.9 Å². The van der Waals surface area contributed by atoms with E-state index in [0.29, 0.717) is 11.3 Å². The minimum absolute atomic E-state index is 0.00395. The van der Waals surface area contributed by atoms with Crippen molar-refractivity contribution in [1.82, 2.24) is 9.29 Å². The summed E-state index contributed by atoms with van der Waals surface area (Å²) in [5, 5.41) is 0.868. The van der Waals surface area contributed by atoms with Crippen molar-refractivity contribution in [3.63, 3.8) is 0 Å². The van der Waals surface area contributed by atoms with Crippen LogP contribution in [0.5, 0.6) is 0 Å². The van der Waals surface area contributed by atoms with Crippen LogP contribution in [0.4, 0.5) is 0 Å². The van der Waals surface area contributed by atoms with Crippen LogP contribution in [0, 0.1) is 6.92 Å². The highest BCUT2D eigenvalue weighted by molar-refractivity contribution is 7.89. The molecular weight excluding hydrogens is 340 g/mol. The van der Waals surface area contributed by atoms with Crippen molar-refractivity contribution < 1.29 is 12.8 Å². The van der Waals surface area contributed by atoms with Gasteiger partial charge in [-0.1, -0.05) is 12.1 Å². The Labute approximate surface area is 146 Å². The summed E-state index contributed by atoms with van der Waals surface area (Å²) in [6, 6.07) is 10.9. The van der Waals surface area contributed by atoms with Gasteiger partial charge in [-0.2, -0.15) is 4.31 Å². The molecule has 1 aromatic carbocycles. The Kier molecular flexibility index (Phi) is 4.78. The van der Waals surface area contributed by atoms with Gasteiger partial charge in [-0.3, -0.25) is 4.79 Å². The quantitative estimate of drug-likeness (QED) is 0.733. The van der Waals surface area contributed by atoms with Crippen LogP contribution >= 0.6 is 0 Å². The lowest BCUT2D eigenvalue weighted by molar-refractivity contribution is 0.358. The molecule has 3 rings (SSSR count). The fraction of sp³-hybridized carbons (Fsp3) is 0.278. The molecule has 0 bridgehead atoms. The lowest BCUT2D eigenvalue weighted by Gasteiger charge is -2.20. The van der Waals surface area contributed by atoms with E-state index >= 15 is 0 Å². The van der Waals surface area contributed by atoms with Gasteiger partial charge in [-0.25, -0.2) is 8.42 Å². The van der Waals surface area contributed by atoms with Crippen molar-refractivity contribution in [1.29, 1.82) is 0 Å². The number of nitrogens with zero attached hydrogens (tertiary/aromatic N) is 1. The first-order valence-electron chi connectivity index (χ1n) is 8.02. The molecule has 0 saturated heterocycles. The number of hydrogen-bond acceptors (Lipinski definition) is 4. The fourth-order valence-electron chi connectivity index (χ4n) is 2.68. The van der Waals surface area contributed by atoms with Crippen LogP contribution < -0.4 is 5.56 Å². The second kappa shape index (κ2) is 6.85. The van der Waals surface area contributed by atoms with Gasteiger partial charge in [0.25, 0.3) is 5.56 Å². The number of benzene rings is 1. The summed E-state index contributed by atoms with van der Waals surface area (Å²) in [5.74, 6) is 0.489. The van der Waals surface area contributed by atoms with E-state index in [-0.39, 0.29) is 24.4 Å². The average molecular weight is 360 g/mol. The molecule has 6 nitrogen and oxygen atoms in total. The molecule has 0 aliphatic carbocycles. The largest absolute Gasteiger partial charge is 0.468 e. The van der Waals surface area contributed by atoms with Crippen LogP contribution in [0.25, 0.3) is 10.9 Å². The standard InChI is InChI=1S/C18H20N2O4S/c1-3-25(22,23)20(12-16-5-4-8-24-16)11-15-10-14-7-6-13(2)9-17(14)19-18(15)21/h4-10H,3,11-12H2,1-2H3,(H,19,21). The number of aromatic amines is 1. The molecule has 0 radical (unpaired) electrons. The molecule has 0 spiro atoms. The smallest absolute Gasteiger partial charge is 0.252 e. The summed E-state index contributed by atoms with van der Waals surface area (Å²) in [4.78, 5) is 15.2. The minimum Gasteiger partial charge on any atom is -0.468 e. The molecule has 0 aliphatic rings. The minimum atomic E-state index is -3.49. The Morgan fingerprint density at radius 3 is 2.64 bits per heavy atom. The monoisotopic (exact) mass is 360 g/mol. The predicted octanol–water partition coefficient (Wildman–Crippen LogP) is 2.78. The van der Waals surface area contributed by atoms with E-state index in [2.05, 4.69) is 4.98 Å². The SMILES string of the molecule is CCS(=O)(=O)N(Cc1ccco1)Cc1cc2ccc(C)cc2[nH]c1=O. The summed E-state index contributed by atoms with van der Waals surface area (Å²) < 4.78 is 31.4. The highest BCUT2D eigenvalue weighted by Crippen LogP contribution is 2.17. The summed E-state index contributed by atoms with van der Waals surface area (Å²) in [6.07, 6.45) is 1.50. The van der Waals surface area contributed by atoms with Gasteiger partial charge in [0.1, 0.15) is 5.76 Å². The maximum atomic E-state index is 12.4. The maximum Gasteiger partial charge on any atom is 0.252 e. The van der Waals surface area contributed by atoms with Crippen LogP contribution in [0.3, 0.4) is 0 Å². The molecule has 132 valence electrons. The zero-order valence-electron chi connectivity index (χ0n) is 14.2. The Morgan fingerprint density at radius 2 is 1.96 bits per heavy atom. The van der Waals surface area contributed by atoms with E-state index in [1.807, 2.05) is 25.1 Å². The van der Waals surface area contributed by atoms with Crippen LogP contribution in [0.2, 0.25) is 0 Å². The van der Waals surface area contributed by atoms with E-state index in [1.54, 1.807) is 25.1 Å². The molecule has 0 saturated carbocycles. The van der Waals surface area contributed by atoms with Crippen LogP contribution in [0.15, 0.2) is 51.9 Å². The lowest BCUT2D eigenvalue weighted by atomic mass is 10.1. The third-order valence-corrected chi connectivity index (χ3v) is 5.87. The number of furan rings is 1. The van der Waals surface area contributed by atoms with E-state index in [0.717, 1.165) is 16.5 Å². The Hall–Kier alpha value is -2.38. The molecule has 0 amide bonds. The molecule has 7 heteroatoms. The number of hydrogen-bond donors (Lipinski definition) is 1. The number of nitrogens with one attached hydrogen (secondary N) is 1.